The van der Waals surface area contributed by atoms with Gasteiger partial charge in [0.15, 0.2) is 17.5 Å². The predicted molar refractivity (Wildman–Crippen MR) is 207 cm³/mol. The van der Waals surface area contributed by atoms with Crippen molar-refractivity contribution in [1.29, 1.82) is 0 Å². The van der Waals surface area contributed by atoms with Crippen molar-refractivity contribution in [2.24, 2.45) is 0 Å². The Kier molecular flexibility index (Phi) is 6.64. The summed E-state index contributed by atoms with van der Waals surface area (Å²) in [5, 5.41) is 4.56. The lowest BCUT2D eigenvalue weighted by Crippen LogP contribution is -2.00. The van der Waals surface area contributed by atoms with Gasteiger partial charge < -0.3 is 4.42 Å². The van der Waals surface area contributed by atoms with Gasteiger partial charge in [0.05, 0.1) is 0 Å². The number of aromatic nitrogens is 3. The van der Waals surface area contributed by atoms with Crippen LogP contribution in [0.3, 0.4) is 0 Å². The molecule has 50 heavy (non-hydrogen) atoms. The van der Waals surface area contributed by atoms with E-state index in [9.17, 15) is 0 Å². The van der Waals surface area contributed by atoms with Gasteiger partial charge in [0.25, 0.3) is 0 Å². The predicted octanol–water partition coefficient (Wildman–Crippen LogP) is 12.5. The molecule has 0 aliphatic carbocycles. The second kappa shape index (κ2) is 11.6. The standard InChI is InChI=1S/C45H27N3OS/c1-4-13-28(14-5-1)32-25-36(42-37(26-32)33-19-10-11-22-40(33)50-42)31-23-24-34-39(27-31)49-38-21-12-20-35(41(34)38)45-47-43(29-15-6-2-7-16-29)46-44(48-45)30-17-8-3-9-18-30/h1-27H. The average Bonchev–Trinajstić information content (AvgIpc) is 3.76. The molecule has 3 aromatic heterocycles. The third-order valence-electron chi connectivity index (χ3n) is 9.33. The lowest BCUT2D eigenvalue weighted by Gasteiger charge is -2.10. The van der Waals surface area contributed by atoms with E-state index in [2.05, 4.69) is 91.0 Å². The summed E-state index contributed by atoms with van der Waals surface area (Å²) >= 11 is 1.84. The summed E-state index contributed by atoms with van der Waals surface area (Å²) in [6.45, 7) is 0. The third kappa shape index (κ3) is 4.79. The molecule has 0 spiro atoms. The molecular weight excluding hydrogens is 631 g/mol. The van der Waals surface area contributed by atoms with Crippen molar-refractivity contribution in [2.45, 2.75) is 0 Å². The summed E-state index contributed by atoms with van der Waals surface area (Å²) < 4.78 is 9.18. The van der Waals surface area contributed by atoms with Crippen molar-refractivity contribution in [3.63, 3.8) is 0 Å². The van der Waals surface area contributed by atoms with Crippen LogP contribution in [0.25, 0.3) is 98.5 Å². The Labute approximate surface area is 292 Å². The molecule has 0 aliphatic rings. The molecule has 0 fully saturated rings. The molecule has 7 aromatic carbocycles. The summed E-state index contributed by atoms with van der Waals surface area (Å²) in [5.74, 6) is 1.87. The maximum absolute atomic E-state index is 6.62. The van der Waals surface area contributed by atoms with Crippen LogP contribution in [-0.4, -0.2) is 15.0 Å². The van der Waals surface area contributed by atoms with Crippen LogP contribution in [0.1, 0.15) is 0 Å². The van der Waals surface area contributed by atoms with Crippen molar-refractivity contribution >= 4 is 53.4 Å². The topological polar surface area (TPSA) is 51.8 Å². The average molecular weight is 658 g/mol. The fourth-order valence-corrected chi connectivity index (χ4v) is 8.17. The smallest absolute Gasteiger partial charge is 0.164 e. The minimum absolute atomic E-state index is 0.609. The number of nitrogens with zero attached hydrogens (tertiary/aromatic N) is 3. The number of furan rings is 1. The van der Waals surface area contributed by atoms with Gasteiger partial charge in [-0.3, -0.25) is 0 Å². The molecule has 4 nitrogen and oxygen atoms in total. The number of hydrogen-bond acceptors (Lipinski definition) is 5. The highest BCUT2D eigenvalue weighted by Crippen LogP contribution is 2.44. The van der Waals surface area contributed by atoms with Crippen LogP contribution < -0.4 is 0 Å². The molecule has 0 bridgehead atoms. The SMILES string of the molecule is c1ccc(-c2cc(-c3ccc4c(c3)oc3cccc(-c5nc(-c6ccccc6)nc(-c6ccccc6)n5)c34)c3sc4ccccc4c3c2)cc1. The fourth-order valence-electron chi connectivity index (χ4n) is 6.95. The molecule has 3 heterocycles. The molecule has 10 aromatic rings. The quantitative estimate of drug-likeness (QED) is 0.185. The van der Waals surface area contributed by atoms with E-state index in [-0.39, 0.29) is 0 Å². The molecule has 0 N–H and O–H groups in total. The van der Waals surface area contributed by atoms with Gasteiger partial charge in [-0.05, 0) is 53.1 Å². The van der Waals surface area contributed by atoms with E-state index in [1.54, 1.807) is 0 Å². The Morgan fingerprint density at radius 1 is 0.380 bits per heavy atom. The van der Waals surface area contributed by atoms with Crippen LogP contribution in [0.4, 0.5) is 0 Å². The van der Waals surface area contributed by atoms with Gasteiger partial charge >= 0.3 is 0 Å². The maximum Gasteiger partial charge on any atom is 0.164 e. The molecule has 10 rings (SSSR count). The molecule has 0 aliphatic heterocycles. The summed E-state index contributed by atoms with van der Waals surface area (Å²) in [6.07, 6.45) is 0. The van der Waals surface area contributed by atoms with Gasteiger partial charge in [-0.2, -0.15) is 0 Å². The number of thiophene rings is 1. The van der Waals surface area contributed by atoms with Crippen molar-refractivity contribution in [3.05, 3.63) is 164 Å². The molecular formula is C45H27N3OS. The Bertz CT molecular complexity index is 2800. The van der Waals surface area contributed by atoms with Gasteiger partial charge in [0.1, 0.15) is 11.2 Å². The van der Waals surface area contributed by atoms with Crippen molar-refractivity contribution in [2.75, 3.05) is 0 Å². The van der Waals surface area contributed by atoms with E-state index in [0.29, 0.717) is 17.5 Å². The maximum atomic E-state index is 6.62. The largest absolute Gasteiger partial charge is 0.456 e. The van der Waals surface area contributed by atoms with E-state index in [1.807, 2.05) is 84.1 Å². The first-order valence-electron chi connectivity index (χ1n) is 16.6. The van der Waals surface area contributed by atoms with Crippen LogP contribution in [0, 0.1) is 0 Å². The van der Waals surface area contributed by atoms with Crippen LogP contribution in [0.5, 0.6) is 0 Å². The summed E-state index contributed by atoms with van der Waals surface area (Å²) in [7, 11) is 0. The highest BCUT2D eigenvalue weighted by molar-refractivity contribution is 7.26. The molecule has 5 heteroatoms. The minimum Gasteiger partial charge on any atom is -0.456 e. The highest BCUT2D eigenvalue weighted by Gasteiger charge is 2.19. The van der Waals surface area contributed by atoms with Crippen molar-refractivity contribution in [1.82, 2.24) is 15.0 Å². The lowest BCUT2D eigenvalue weighted by molar-refractivity contribution is 0.669. The third-order valence-corrected chi connectivity index (χ3v) is 10.6. The summed E-state index contributed by atoms with van der Waals surface area (Å²) in [6, 6.07) is 56.8. The Balaban J connectivity index is 1.17. The van der Waals surface area contributed by atoms with E-state index < -0.39 is 0 Å². The number of fused-ring (bicyclic) bond motifs is 6. The minimum atomic E-state index is 0.609. The zero-order valence-electron chi connectivity index (χ0n) is 26.7. The first-order chi connectivity index (χ1) is 24.8. The van der Waals surface area contributed by atoms with Crippen molar-refractivity contribution < 1.29 is 4.42 Å². The first-order valence-corrected chi connectivity index (χ1v) is 17.4. The Morgan fingerprint density at radius 3 is 1.74 bits per heavy atom. The van der Waals surface area contributed by atoms with E-state index >= 15 is 0 Å². The zero-order chi connectivity index (χ0) is 33.0. The molecule has 234 valence electrons. The molecule has 0 atom stereocenters. The summed E-state index contributed by atoms with van der Waals surface area (Å²) in [4.78, 5) is 15.0. The van der Waals surface area contributed by atoms with Gasteiger partial charge in [-0.15, -0.1) is 11.3 Å². The van der Waals surface area contributed by atoms with Crippen LogP contribution in [0.15, 0.2) is 168 Å². The fraction of sp³-hybridized carbons (Fsp3) is 0. The van der Waals surface area contributed by atoms with Crippen LogP contribution in [-0.2, 0) is 0 Å². The normalized spacial score (nSPS) is 11.6. The lowest BCUT2D eigenvalue weighted by atomic mass is 9.95. The number of rotatable bonds is 5. The number of benzene rings is 7. The zero-order valence-corrected chi connectivity index (χ0v) is 27.6. The second-order valence-corrected chi connectivity index (χ2v) is 13.4. The Morgan fingerprint density at radius 2 is 1.02 bits per heavy atom. The van der Waals surface area contributed by atoms with Crippen LogP contribution >= 0.6 is 11.3 Å². The van der Waals surface area contributed by atoms with Crippen molar-refractivity contribution in [3.8, 4) is 56.4 Å². The van der Waals surface area contributed by atoms with Gasteiger partial charge in [0, 0.05) is 53.2 Å². The molecule has 0 saturated carbocycles. The second-order valence-electron chi connectivity index (χ2n) is 12.4. The molecule has 0 saturated heterocycles. The molecule has 0 amide bonds. The van der Waals surface area contributed by atoms with Gasteiger partial charge in [-0.1, -0.05) is 127 Å². The first kappa shape index (κ1) is 28.6. The monoisotopic (exact) mass is 657 g/mol. The van der Waals surface area contributed by atoms with E-state index in [0.717, 1.165) is 44.2 Å². The Hall–Kier alpha value is -6.43. The van der Waals surface area contributed by atoms with Gasteiger partial charge in [0.2, 0.25) is 0 Å². The molecule has 0 radical (unpaired) electrons. The highest BCUT2D eigenvalue weighted by atomic mass is 32.1. The van der Waals surface area contributed by atoms with Gasteiger partial charge in [-0.25, -0.2) is 15.0 Å². The van der Waals surface area contributed by atoms with E-state index in [4.69, 9.17) is 19.4 Å². The van der Waals surface area contributed by atoms with Crippen LogP contribution in [0.2, 0.25) is 0 Å². The summed E-state index contributed by atoms with van der Waals surface area (Å²) in [5.41, 5.74) is 9.11. The van der Waals surface area contributed by atoms with E-state index in [1.165, 1.54) is 36.9 Å². The molecule has 0 unspecified atom stereocenters. The number of hydrogen-bond donors (Lipinski definition) is 0.